The van der Waals surface area contributed by atoms with Crippen molar-refractivity contribution in [1.82, 2.24) is 0 Å². The van der Waals surface area contributed by atoms with Crippen LogP contribution in [0, 0.1) is 0 Å². The van der Waals surface area contributed by atoms with Gasteiger partial charge in [-0.2, -0.15) is 0 Å². The van der Waals surface area contributed by atoms with E-state index in [9.17, 15) is 4.79 Å². The van der Waals surface area contributed by atoms with E-state index < -0.39 is 24.2 Å². The highest BCUT2D eigenvalue weighted by Gasteiger charge is 2.50. The van der Waals surface area contributed by atoms with Crippen molar-refractivity contribution < 1.29 is 28.5 Å². The minimum atomic E-state index is -0.566. The predicted octanol–water partition coefficient (Wildman–Crippen LogP) is 2.09. The largest absolute Gasteiger partial charge is 0.453 e. The summed E-state index contributed by atoms with van der Waals surface area (Å²) in [6.45, 7) is 2.26. The zero-order valence-electron chi connectivity index (χ0n) is 13.7. The summed E-state index contributed by atoms with van der Waals surface area (Å²) in [5.41, 5.74) is 0.490. The molecule has 2 fully saturated rings. The summed E-state index contributed by atoms with van der Waals surface area (Å²) in [6, 6.07) is 8.43. The van der Waals surface area contributed by atoms with Crippen LogP contribution >= 0.6 is 8.20 Å². The first-order chi connectivity index (χ1) is 11.6. The first kappa shape index (κ1) is 17.5. The molecule has 0 amide bonds. The van der Waals surface area contributed by atoms with E-state index in [1.165, 1.54) is 0 Å². The zero-order valence-corrected chi connectivity index (χ0v) is 14.6. The maximum atomic E-state index is 12.4. The maximum Gasteiger partial charge on any atom is 0.338 e. The van der Waals surface area contributed by atoms with Gasteiger partial charge in [0.1, 0.15) is 18.3 Å². The lowest BCUT2D eigenvalue weighted by molar-refractivity contribution is -0.304. The molecule has 2 saturated heterocycles. The molecule has 6 atom stereocenters. The standard InChI is InChI=1S/C17H21O6P/c1-10-13(22-16(18)11-7-5-4-6-8-11)15(19-2)14-12(21-10)9-20-17(23-14)24-3/h4-8,10,12-15,17H,3,9H2,1-2H3. The van der Waals surface area contributed by atoms with Gasteiger partial charge in [-0.3, -0.25) is 0 Å². The summed E-state index contributed by atoms with van der Waals surface area (Å²) < 4.78 is 28.6. The molecule has 0 N–H and O–H groups in total. The average Bonchev–Trinajstić information content (AvgIpc) is 2.62. The van der Waals surface area contributed by atoms with Crippen LogP contribution in [0.3, 0.4) is 0 Å². The van der Waals surface area contributed by atoms with Crippen LogP contribution in [0.25, 0.3) is 0 Å². The molecule has 2 aliphatic heterocycles. The molecule has 1 aromatic rings. The molecule has 0 aliphatic carbocycles. The van der Waals surface area contributed by atoms with Gasteiger partial charge >= 0.3 is 5.97 Å². The molecule has 0 saturated carbocycles. The molecule has 0 aromatic heterocycles. The number of rotatable bonds is 4. The van der Waals surface area contributed by atoms with Gasteiger partial charge < -0.3 is 23.7 Å². The molecule has 0 radical (unpaired) electrons. The van der Waals surface area contributed by atoms with Gasteiger partial charge in [-0.1, -0.05) is 24.5 Å². The fourth-order valence-corrected chi connectivity index (χ4v) is 3.46. The van der Waals surface area contributed by atoms with E-state index in [1.807, 2.05) is 13.0 Å². The third kappa shape index (κ3) is 3.53. The minimum Gasteiger partial charge on any atom is -0.453 e. The van der Waals surface area contributed by atoms with Gasteiger partial charge in [0.2, 0.25) is 0 Å². The number of benzene rings is 1. The van der Waals surface area contributed by atoms with Crippen LogP contribution in [-0.2, 0) is 23.7 Å². The Morgan fingerprint density at radius 1 is 1.25 bits per heavy atom. The predicted molar refractivity (Wildman–Crippen MR) is 89.4 cm³/mol. The van der Waals surface area contributed by atoms with Crippen LogP contribution in [0.4, 0.5) is 0 Å². The molecule has 0 spiro atoms. The van der Waals surface area contributed by atoms with Crippen LogP contribution in [0.15, 0.2) is 30.3 Å². The van der Waals surface area contributed by atoms with Crippen molar-refractivity contribution in [3.05, 3.63) is 35.9 Å². The number of hydrogen-bond acceptors (Lipinski definition) is 6. The fourth-order valence-electron chi connectivity index (χ4n) is 3.04. The third-order valence-electron chi connectivity index (χ3n) is 4.22. The molecule has 24 heavy (non-hydrogen) atoms. The Morgan fingerprint density at radius 3 is 2.67 bits per heavy atom. The minimum absolute atomic E-state index is 0.255. The molecule has 7 heteroatoms. The smallest absolute Gasteiger partial charge is 0.338 e. The molecule has 1 aromatic carbocycles. The number of ether oxygens (including phenoxy) is 5. The summed E-state index contributed by atoms with van der Waals surface area (Å²) in [5, 5.41) is 0. The Balaban J connectivity index is 1.76. The van der Waals surface area contributed by atoms with Crippen molar-refractivity contribution in [2.45, 2.75) is 43.5 Å². The lowest BCUT2D eigenvalue weighted by Crippen LogP contribution is -2.63. The summed E-state index contributed by atoms with van der Waals surface area (Å²) >= 11 is 0. The number of carbonyl (C=O) groups excluding carboxylic acids is 1. The zero-order chi connectivity index (χ0) is 17.1. The van der Waals surface area contributed by atoms with Crippen LogP contribution in [0.1, 0.15) is 17.3 Å². The second kappa shape index (κ2) is 7.72. The maximum absolute atomic E-state index is 12.4. The Bertz CT molecular complexity index is 580. The summed E-state index contributed by atoms with van der Waals surface area (Å²) in [4.78, 5) is 12.4. The van der Waals surface area contributed by atoms with E-state index >= 15 is 0 Å². The second-order valence-corrected chi connectivity index (χ2v) is 6.53. The van der Waals surface area contributed by atoms with Gasteiger partial charge in [0.25, 0.3) is 0 Å². The normalized spacial score (nSPS) is 36.1. The van der Waals surface area contributed by atoms with E-state index in [1.54, 1.807) is 31.4 Å². The van der Waals surface area contributed by atoms with Crippen molar-refractivity contribution in [2.24, 2.45) is 0 Å². The number of esters is 1. The Labute approximate surface area is 142 Å². The highest BCUT2D eigenvalue weighted by Crippen LogP contribution is 2.33. The van der Waals surface area contributed by atoms with Crippen LogP contribution in [0.2, 0.25) is 0 Å². The van der Waals surface area contributed by atoms with E-state index in [4.69, 9.17) is 23.7 Å². The van der Waals surface area contributed by atoms with Crippen LogP contribution in [0.5, 0.6) is 0 Å². The summed E-state index contributed by atoms with van der Waals surface area (Å²) in [5.74, 6) is -0.407. The molecule has 2 aliphatic rings. The molecular formula is C17H21O6P. The van der Waals surface area contributed by atoms with Crippen molar-refractivity contribution >= 4 is 20.5 Å². The van der Waals surface area contributed by atoms with E-state index in [-0.39, 0.29) is 18.3 Å². The molecule has 3 rings (SSSR count). The lowest BCUT2D eigenvalue weighted by atomic mass is 9.95. The molecule has 6 unspecified atom stereocenters. The first-order valence-corrected chi connectivity index (χ1v) is 8.96. The van der Waals surface area contributed by atoms with Gasteiger partial charge in [-0.15, -0.1) is 0 Å². The van der Waals surface area contributed by atoms with E-state index in [0.29, 0.717) is 12.2 Å². The molecule has 6 nitrogen and oxygen atoms in total. The number of methoxy groups -OCH3 is 1. The Hall–Kier alpha value is -1.30. The van der Waals surface area contributed by atoms with Gasteiger partial charge in [0.05, 0.1) is 18.3 Å². The van der Waals surface area contributed by atoms with Gasteiger partial charge in [0.15, 0.2) is 12.1 Å². The van der Waals surface area contributed by atoms with Gasteiger partial charge in [-0.05, 0) is 27.3 Å². The molecular weight excluding hydrogens is 331 g/mol. The van der Waals surface area contributed by atoms with Crippen molar-refractivity contribution in [3.8, 4) is 0 Å². The van der Waals surface area contributed by atoms with Crippen LogP contribution in [-0.4, -0.2) is 62.5 Å². The number of fused-ring (bicyclic) bond motifs is 1. The molecule has 0 bridgehead atoms. The van der Waals surface area contributed by atoms with Crippen LogP contribution < -0.4 is 0 Å². The highest BCUT2D eigenvalue weighted by atomic mass is 31.1. The van der Waals surface area contributed by atoms with Gasteiger partial charge in [0, 0.05) is 7.11 Å². The first-order valence-electron chi connectivity index (χ1n) is 7.81. The summed E-state index contributed by atoms with van der Waals surface area (Å²) in [7, 11) is 2.31. The third-order valence-corrected chi connectivity index (χ3v) is 4.79. The average molecular weight is 352 g/mol. The number of hydrogen-bond donors (Lipinski definition) is 0. The summed E-state index contributed by atoms with van der Waals surface area (Å²) in [6.07, 6.45) is 1.83. The van der Waals surface area contributed by atoms with Crippen molar-refractivity contribution in [3.63, 3.8) is 0 Å². The van der Waals surface area contributed by atoms with Gasteiger partial charge in [-0.25, -0.2) is 4.79 Å². The fraction of sp³-hybridized carbons (Fsp3) is 0.529. The SMILES string of the molecule is C=PC1OCC2OC(C)C(OC(=O)c3ccccc3)C(OC)C2O1. The van der Waals surface area contributed by atoms with E-state index in [0.717, 1.165) is 8.20 Å². The van der Waals surface area contributed by atoms with Crippen molar-refractivity contribution in [2.75, 3.05) is 13.7 Å². The monoisotopic (exact) mass is 352 g/mol. The Morgan fingerprint density at radius 2 is 2.00 bits per heavy atom. The molecule has 2 heterocycles. The lowest BCUT2D eigenvalue weighted by Gasteiger charge is -2.47. The number of carbonyl (C=O) groups is 1. The van der Waals surface area contributed by atoms with Crippen molar-refractivity contribution in [1.29, 1.82) is 0 Å². The molecule has 130 valence electrons. The van der Waals surface area contributed by atoms with E-state index in [2.05, 4.69) is 6.30 Å². The Kier molecular flexibility index (Phi) is 5.64. The second-order valence-electron chi connectivity index (χ2n) is 5.74. The topological polar surface area (TPSA) is 63.2 Å². The quantitative estimate of drug-likeness (QED) is 0.611. The highest BCUT2D eigenvalue weighted by molar-refractivity contribution is 7.36.